The van der Waals surface area contributed by atoms with E-state index in [1.807, 2.05) is 11.3 Å². The number of amides is 2. The third-order valence-corrected chi connectivity index (χ3v) is 6.30. The third-order valence-electron chi connectivity index (χ3n) is 5.28. The van der Waals surface area contributed by atoms with E-state index in [0.29, 0.717) is 13.1 Å². The molecule has 0 aromatic carbocycles. The summed E-state index contributed by atoms with van der Waals surface area (Å²) in [6.07, 6.45) is 5.48. The minimum Gasteiger partial charge on any atom is -0.281 e. The van der Waals surface area contributed by atoms with Gasteiger partial charge in [0.05, 0.1) is 12.1 Å². The highest BCUT2D eigenvalue weighted by Gasteiger charge is 2.52. The van der Waals surface area contributed by atoms with Crippen LogP contribution in [0, 0.1) is 5.41 Å². The Hall–Kier alpha value is -1.20. The lowest BCUT2D eigenvalue weighted by Crippen LogP contribution is -2.44. The van der Waals surface area contributed by atoms with E-state index in [-0.39, 0.29) is 17.2 Å². The van der Waals surface area contributed by atoms with Crippen molar-refractivity contribution in [3.8, 4) is 0 Å². The smallest absolute Gasteiger partial charge is 0.237 e. The second-order valence-corrected chi connectivity index (χ2v) is 7.60. The van der Waals surface area contributed by atoms with Crippen LogP contribution in [0.15, 0.2) is 11.4 Å². The molecule has 0 bridgehead atoms. The first-order valence-electron chi connectivity index (χ1n) is 7.80. The Morgan fingerprint density at radius 3 is 2.86 bits per heavy atom. The average Bonchev–Trinajstić information content (AvgIpc) is 3.16. The summed E-state index contributed by atoms with van der Waals surface area (Å²) in [6.45, 7) is 2.29. The highest BCUT2D eigenvalue weighted by molar-refractivity contribution is 7.10. The van der Waals surface area contributed by atoms with Gasteiger partial charge in [0.15, 0.2) is 0 Å². The lowest BCUT2D eigenvalue weighted by Gasteiger charge is -2.30. The molecule has 5 heteroatoms. The molecule has 0 unspecified atom stereocenters. The Morgan fingerprint density at radius 2 is 2.05 bits per heavy atom. The van der Waals surface area contributed by atoms with E-state index in [4.69, 9.17) is 0 Å². The number of likely N-dealkylation sites (tertiary alicyclic amines) is 1. The Balaban J connectivity index is 1.48. The van der Waals surface area contributed by atoms with Crippen LogP contribution in [-0.2, 0) is 22.6 Å². The highest BCUT2D eigenvalue weighted by atomic mass is 32.1. The molecule has 0 radical (unpaired) electrons. The van der Waals surface area contributed by atoms with Crippen LogP contribution in [0.5, 0.6) is 0 Å². The van der Waals surface area contributed by atoms with Crippen molar-refractivity contribution in [3.05, 3.63) is 21.9 Å². The monoisotopic (exact) mass is 304 g/mol. The van der Waals surface area contributed by atoms with Crippen molar-refractivity contribution in [3.63, 3.8) is 0 Å². The van der Waals surface area contributed by atoms with E-state index < -0.39 is 0 Å². The first-order chi connectivity index (χ1) is 10.2. The van der Waals surface area contributed by atoms with Crippen LogP contribution >= 0.6 is 11.3 Å². The van der Waals surface area contributed by atoms with Crippen LogP contribution < -0.4 is 0 Å². The van der Waals surface area contributed by atoms with Crippen molar-refractivity contribution in [2.45, 2.75) is 45.1 Å². The zero-order valence-corrected chi connectivity index (χ0v) is 13.0. The van der Waals surface area contributed by atoms with Crippen LogP contribution in [-0.4, -0.2) is 34.8 Å². The molecule has 1 saturated heterocycles. The minimum atomic E-state index is -0.333. The number of imide groups is 1. The predicted octanol–water partition coefficient (Wildman–Crippen LogP) is 2.38. The van der Waals surface area contributed by atoms with Crippen molar-refractivity contribution in [2.24, 2.45) is 5.41 Å². The standard InChI is InChI=1S/C16H20N2O2S/c19-14-9-16(5-1-2-6-16)15(20)18(14)11-17-7-3-13-12(10-17)4-8-21-13/h4,8H,1-3,5-7,9-11H2. The van der Waals surface area contributed by atoms with Crippen molar-refractivity contribution in [1.29, 1.82) is 0 Å². The number of carbonyl (C=O) groups excluding carboxylic acids is 2. The van der Waals surface area contributed by atoms with Gasteiger partial charge < -0.3 is 0 Å². The number of carbonyl (C=O) groups is 2. The van der Waals surface area contributed by atoms with Crippen LogP contribution in [0.25, 0.3) is 0 Å². The normalized spacial score (nSPS) is 25.0. The van der Waals surface area contributed by atoms with E-state index in [2.05, 4.69) is 16.3 Å². The summed E-state index contributed by atoms with van der Waals surface area (Å²) in [5.74, 6) is 0.138. The third kappa shape index (κ3) is 2.14. The molecule has 4 nitrogen and oxygen atoms in total. The fourth-order valence-electron chi connectivity index (χ4n) is 4.07. The summed E-state index contributed by atoms with van der Waals surface area (Å²) in [5.41, 5.74) is 1.03. The number of thiophene rings is 1. The van der Waals surface area contributed by atoms with Gasteiger partial charge in [-0.25, -0.2) is 0 Å². The Morgan fingerprint density at radius 1 is 1.24 bits per heavy atom. The topological polar surface area (TPSA) is 40.6 Å². The fourth-order valence-corrected chi connectivity index (χ4v) is 4.96. The molecule has 1 saturated carbocycles. The Labute approximate surface area is 128 Å². The molecule has 2 amide bonds. The van der Waals surface area contributed by atoms with E-state index in [1.54, 1.807) is 0 Å². The molecule has 4 rings (SSSR count). The maximum atomic E-state index is 12.7. The van der Waals surface area contributed by atoms with Crippen molar-refractivity contribution in [2.75, 3.05) is 13.2 Å². The zero-order valence-electron chi connectivity index (χ0n) is 12.1. The van der Waals surface area contributed by atoms with Gasteiger partial charge in [-0.3, -0.25) is 19.4 Å². The summed E-state index contributed by atoms with van der Waals surface area (Å²) < 4.78 is 0. The lowest BCUT2D eigenvalue weighted by molar-refractivity contribution is -0.144. The van der Waals surface area contributed by atoms with Gasteiger partial charge in [0.1, 0.15) is 0 Å². The number of nitrogens with zero attached hydrogens (tertiary/aromatic N) is 2. The van der Waals surface area contributed by atoms with Crippen LogP contribution in [0.3, 0.4) is 0 Å². The Kier molecular flexibility index (Phi) is 3.15. The second kappa shape index (κ2) is 4.92. The molecule has 1 aliphatic carbocycles. The molecule has 3 aliphatic rings. The van der Waals surface area contributed by atoms with E-state index >= 15 is 0 Å². The second-order valence-electron chi connectivity index (χ2n) is 6.60. The van der Waals surface area contributed by atoms with Gasteiger partial charge in [-0.1, -0.05) is 12.8 Å². The molecule has 1 aromatic rings. The zero-order chi connectivity index (χ0) is 14.4. The van der Waals surface area contributed by atoms with E-state index in [0.717, 1.165) is 45.2 Å². The molecule has 2 aliphatic heterocycles. The summed E-state index contributed by atoms with van der Waals surface area (Å²) in [6, 6.07) is 2.16. The van der Waals surface area contributed by atoms with Gasteiger partial charge in [-0.15, -0.1) is 11.3 Å². The van der Waals surface area contributed by atoms with Crippen molar-refractivity contribution < 1.29 is 9.59 Å². The molecule has 112 valence electrons. The van der Waals surface area contributed by atoms with Crippen molar-refractivity contribution >= 4 is 23.2 Å². The van der Waals surface area contributed by atoms with Crippen molar-refractivity contribution in [1.82, 2.24) is 9.80 Å². The largest absolute Gasteiger partial charge is 0.281 e. The number of hydrogen-bond acceptors (Lipinski definition) is 4. The van der Waals surface area contributed by atoms with Crippen LogP contribution in [0.4, 0.5) is 0 Å². The molecule has 2 fully saturated rings. The minimum absolute atomic E-state index is 0.0398. The summed E-state index contributed by atoms with van der Waals surface area (Å²) >= 11 is 1.81. The quantitative estimate of drug-likeness (QED) is 0.788. The maximum absolute atomic E-state index is 12.7. The molecule has 3 heterocycles. The summed E-state index contributed by atoms with van der Waals surface area (Å²) in [5, 5.41) is 2.13. The molecule has 1 spiro atoms. The fraction of sp³-hybridized carbons (Fsp3) is 0.625. The lowest BCUT2D eigenvalue weighted by atomic mass is 9.85. The van der Waals surface area contributed by atoms with Crippen LogP contribution in [0.2, 0.25) is 0 Å². The molecule has 0 atom stereocenters. The number of rotatable bonds is 2. The maximum Gasteiger partial charge on any atom is 0.237 e. The average molecular weight is 304 g/mol. The van der Waals surface area contributed by atoms with E-state index in [9.17, 15) is 9.59 Å². The van der Waals surface area contributed by atoms with Crippen LogP contribution in [0.1, 0.15) is 42.5 Å². The predicted molar refractivity (Wildman–Crippen MR) is 80.7 cm³/mol. The SMILES string of the molecule is O=C1CC2(CCCC2)C(=O)N1CN1CCc2sccc2C1. The molecular formula is C16H20N2O2S. The summed E-state index contributed by atoms with van der Waals surface area (Å²) in [7, 11) is 0. The first-order valence-corrected chi connectivity index (χ1v) is 8.68. The highest BCUT2D eigenvalue weighted by Crippen LogP contribution is 2.46. The molecule has 21 heavy (non-hydrogen) atoms. The molecule has 0 N–H and O–H groups in total. The van der Waals surface area contributed by atoms with E-state index in [1.165, 1.54) is 15.3 Å². The van der Waals surface area contributed by atoms with Gasteiger partial charge in [0.2, 0.25) is 11.8 Å². The van der Waals surface area contributed by atoms with Gasteiger partial charge >= 0.3 is 0 Å². The molecule has 1 aromatic heterocycles. The summed E-state index contributed by atoms with van der Waals surface area (Å²) in [4.78, 5) is 30.2. The van der Waals surface area contributed by atoms with Gasteiger partial charge in [0.25, 0.3) is 0 Å². The first kappa shape index (κ1) is 13.5. The Bertz CT molecular complexity index is 589. The van der Waals surface area contributed by atoms with Gasteiger partial charge in [-0.05, 0) is 36.3 Å². The van der Waals surface area contributed by atoms with Gasteiger partial charge in [-0.2, -0.15) is 0 Å². The van der Waals surface area contributed by atoms with Gasteiger partial charge in [0, 0.05) is 24.4 Å². The molecular weight excluding hydrogens is 284 g/mol. The number of fused-ring (bicyclic) bond motifs is 1. The number of hydrogen-bond donors (Lipinski definition) is 0.